The number of rotatable bonds is 6. The van der Waals surface area contributed by atoms with Crippen molar-refractivity contribution in [1.29, 1.82) is 0 Å². The van der Waals surface area contributed by atoms with Crippen LogP contribution in [0.3, 0.4) is 0 Å². The average molecular weight is 577 g/mol. The number of fused-ring (bicyclic) bond motifs is 1. The Morgan fingerprint density at radius 3 is 2.85 bits per heavy atom. The highest BCUT2D eigenvalue weighted by Crippen LogP contribution is 2.35. The zero-order chi connectivity index (χ0) is 27.9. The summed E-state index contributed by atoms with van der Waals surface area (Å²) in [5.41, 5.74) is 5.99. The third-order valence-electron chi connectivity index (χ3n) is 6.64. The van der Waals surface area contributed by atoms with Gasteiger partial charge < -0.3 is 16.0 Å². The number of hydrogen-bond acceptors (Lipinski definition) is 6. The van der Waals surface area contributed by atoms with Crippen molar-refractivity contribution in [2.75, 3.05) is 13.1 Å². The van der Waals surface area contributed by atoms with Gasteiger partial charge in [0.2, 0.25) is 5.91 Å². The van der Waals surface area contributed by atoms with Gasteiger partial charge in [-0.3, -0.25) is 14.3 Å². The van der Waals surface area contributed by atoms with Crippen LogP contribution in [0.15, 0.2) is 52.5 Å². The molecule has 3 heterocycles. The van der Waals surface area contributed by atoms with Crippen LogP contribution in [0, 0.1) is 0 Å². The highest BCUT2D eigenvalue weighted by atomic mass is 35.5. The van der Waals surface area contributed by atoms with Gasteiger partial charge in [-0.25, -0.2) is 0 Å². The van der Waals surface area contributed by atoms with Gasteiger partial charge in [-0.05, 0) is 66.6 Å². The topological polar surface area (TPSA) is 106 Å². The first-order chi connectivity index (χ1) is 18.5. The molecule has 1 unspecified atom stereocenters. The zero-order valence-corrected chi connectivity index (χ0v) is 22.3. The number of nitrogens with zero attached hydrogens (tertiary/aromatic N) is 4. The number of primary amides is 1. The van der Waals surface area contributed by atoms with Crippen LogP contribution in [0.25, 0.3) is 17.0 Å². The third-order valence-corrected chi connectivity index (χ3v) is 7.92. The molecular weight excluding hydrogens is 553 g/mol. The Morgan fingerprint density at radius 2 is 2.10 bits per heavy atom. The number of nitrogens with two attached hydrogens (primary N) is 1. The number of aromatic nitrogens is 2. The fraction of sp³-hybridized carbons (Fsp3) is 0.308. The first-order valence-corrected chi connectivity index (χ1v) is 13.3. The monoisotopic (exact) mass is 576 g/mol. The predicted molar refractivity (Wildman–Crippen MR) is 145 cm³/mol. The SMILES string of the molecule is CC(N[C@H]1CCN(C2=NC(=O)C(=Cc3ccc4c(cnn4Cc4ccc(Cl)cc4C(F)(F)F)c3)S2)C1)C(N)=O. The highest BCUT2D eigenvalue weighted by Gasteiger charge is 2.34. The number of alkyl halides is 3. The van der Waals surface area contributed by atoms with E-state index in [0.29, 0.717) is 28.7 Å². The number of carbonyl (C=O) groups is 2. The summed E-state index contributed by atoms with van der Waals surface area (Å²) in [5.74, 6) is -0.755. The molecule has 0 saturated carbocycles. The molecule has 1 aromatic heterocycles. The molecular formula is C26H24ClF3N6O2S. The summed E-state index contributed by atoms with van der Waals surface area (Å²) in [6.07, 6.45) is -0.423. The second-order valence-corrected chi connectivity index (χ2v) is 10.9. The molecule has 1 fully saturated rings. The van der Waals surface area contributed by atoms with Gasteiger partial charge in [-0.15, -0.1) is 0 Å². The molecule has 2 atom stereocenters. The van der Waals surface area contributed by atoms with Gasteiger partial charge in [0, 0.05) is 29.5 Å². The van der Waals surface area contributed by atoms with Crippen LogP contribution in [-0.2, 0) is 22.3 Å². The van der Waals surface area contributed by atoms with Crippen molar-refractivity contribution < 1.29 is 22.8 Å². The van der Waals surface area contributed by atoms with Crippen molar-refractivity contribution in [3.05, 3.63) is 69.2 Å². The molecule has 1 saturated heterocycles. The third kappa shape index (κ3) is 5.97. The first-order valence-electron chi connectivity index (χ1n) is 12.1. The van der Waals surface area contributed by atoms with E-state index in [1.165, 1.54) is 28.6 Å². The van der Waals surface area contributed by atoms with Crippen molar-refractivity contribution >= 4 is 57.3 Å². The number of hydrogen-bond donors (Lipinski definition) is 2. The molecule has 0 spiro atoms. The minimum absolute atomic E-state index is 0.0134. The summed E-state index contributed by atoms with van der Waals surface area (Å²) in [5, 5.41) is 8.82. The van der Waals surface area contributed by atoms with Crippen LogP contribution in [0.4, 0.5) is 13.2 Å². The van der Waals surface area contributed by atoms with E-state index >= 15 is 0 Å². The lowest BCUT2D eigenvalue weighted by Crippen LogP contribution is -2.45. The normalized spacial score (nSPS) is 19.8. The number of amides is 2. The fourth-order valence-electron chi connectivity index (χ4n) is 4.62. The smallest absolute Gasteiger partial charge is 0.368 e. The van der Waals surface area contributed by atoms with Gasteiger partial charge in [-0.1, -0.05) is 23.7 Å². The molecule has 8 nitrogen and oxygen atoms in total. The predicted octanol–water partition coefficient (Wildman–Crippen LogP) is 4.26. The molecule has 39 heavy (non-hydrogen) atoms. The largest absolute Gasteiger partial charge is 0.416 e. The van der Waals surface area contributed by atoms with Crippen molar-refractivity contribution in [2.45, 2.75) is 38.1 Å². The molecule has 0 bridgehead atoms. The summed E-state index contributed by atoms with van der Waals surface area (Å²) >= 11 is 7.08. The van der Waals surface area contributed by atoms with Crippen LogP contribution in [0.5, 0.6) is 0 Å². The minimum Gasteiger partial charge on any atom is -0.368 e. The van der Waals surface area contributed by atoms with Crippen LogP contribution in [-0.4, -0.2) is 56.8 Å². The standard InChI is InChI=1S/C26H24ClF3N6O2S/c1-14(23(31)37)33-19-6-7-35(13-19)25-34-24(38)22(39-25)9-15-2-5-21-17(8-15)11-32-36(21)12-16-3-4-18(27)10-20(16)26(28,29)30/h2-5,8-11,14,19,33H,6-7,12-13H2,1H3,(H2,31,37)/t14?,19-/m0/s1. The molecule has 0 aliphatic carbocycles. The highest BCUT2D eigenvalue weighted by molar-refractivity contribution is 8.18. The van der Waals surface area contributed by atoms with Crippen molar-refractivity contribution in [3.63, 3.8) is 0 Å². The molecule has 3 N–H and O–H groups in total. The van der Waals surface area contributed by atoms with E-state index in [4.69, 9.17) is 17.3 Å². The Kier molecular flexibility index (Phi) is 7.45. The number of amidine groups is 1. The Balaban J connectivity index is 1.29. The summed E-state index contributed by atoms with van der Waals surface area (Å²) in [6, 6.07) is 8.70. The van der Waals surface area contributed by atoms with Crippen LogP contribution >= 0.6 is 23.4 Å². The van der Waals surface area contributed by atoms with E-state index in [1.54, 1.807) is 31.3 Å². The number of carbonyl (C=O) groups excluding carboxylic acids is 2. The Hall–Kier alpha value is -3.35. The number of likely N-dealkylation sites (tertiary alicyclic amines) is 1. The average Bonchev–Trinajstić information content (AvgIpc) is 3.59. The van der Waals surface area contributed by atoms with Gasteiger partial charge in [0.15, 0.2) is 5.17 Å². The molecule has 204 valence electrons. The summed E-state index contributed by atoms with van der Waals surface area (Å²) in [6.45, 7) is 2.95. The van der Waals surface area contributed by atoms with Crippen LogP contribution in [0.1, 0.15) is 30.0 Å². The van der Waals surface area contributed by atoms with E-state index in [0.717, 1.165) is 23.4 Å². The number of benzene rings is 2. The summed E-state index contributed by atoms with van der Waals surface area (Å²) in [4.78, 5) is 30.6. The molecule has 2 aromatic carbocycles. The lowest BCUT2D eigenvalue weighted by atomic mass is 10.1. The quantitative estimate of drug-likeness (QED) is 0.425. The molecule has 13 heteroatoms. The first kappa shape index (κ1) is 27.2. The van der Waals surface area contributed by atoms with E-state index in [9.17, 15) is 22.8 Å². The van der Waals surface area contributed by atoms with Crippen molar-refractivity contribution in [1.82, 2.24) is 20.0 Å². The van der Waals surface area contributed by atoms with E-state index in [-0.39, 0.29) is 29.1 Å². The lowest BCUT2D eigenvalue weighted by molar-refractivity contribution is -0.138. The number of thioether (sulfide) groups is 1. The zero-order valence-electron chi connectivity index (χ0n) is 20.7. The molecule has 0 radical (unpaired) electrons. The lowest BCUT2D eigenvalue weighted by Gasteiger charge is -2.19. The maximum absolute atomic E-state index is 13.5. The van der Waals surface area contributed by atoms with Crippen LogP contribution in [0.2, 0.25) is 5.02 Å². The van der Waals surface area contributed by atoms with Gasteiger partial charge in [-0.2, -0.15) is 23.3 Å². The fourth-order valence-corrected chi connectivity index (χ4v) is 5.74. The number of aliphatic imine (C=N–C) groups is 1. The molecule has 2 aliphatic rings. The Morgan fingerprint density at radius 1 is 1.31 bits per heavy atom. The van der Waals surface area contributed by atoms with E-state index in [2.05, 4.69) is 15.4 Å². The second kappa shape index (κ2) is 10.7. The molecule has 2 aliphatic heterocycles. The molecule has 5 rings (SSSR count). The van der Waals surface area contributed by atoms with Crippen molar-refractivity contribution in [2.24, 2.45) is 10.7 Å². The van der Waals surface area contributed by atoms with Gasteiger partial charge in [0.05, 0.1) is 34.8 Å². The Bertz CT molecular complexity index is 1520. The van der Waals surface area contributed by atoms with Gasteiger partial charge in [0.25, 0.3) is 5.91 Å². The maximum atomic E-state index is 13.5. The van der Waals surface area contributed by atoms with Crippen molar-refractivity contribution in [3.8, 4) is 0 Å². The summed E-state index contributed by atoms with van der Waals surface area (Å²) < 4.78 is 42.0. The van der Waals surface area contributed by atoms with Crippen LogP contribution < -0.4 is 11.1 Å². The number of halogens is 4. The summed E-state index contributed by atoms with van der Waals surface area (Å²) in [7, 11) is 0. The number of nitrogens with one attached hydrogen (secondary N) is 1. The minimum atomic E-state index is -4.54. The van der Waals surface area contributed by atoms with E-state index < -0.39 is 23.7 Å². The molecule has 3 aromatic rings. The maximum Gasteiger partial charge on any atom is 0.416 e. The second-order valence-electron chi connectivity index (χ2n) is 9.45. The van der Waals surface area contributed by atoms with E-state index in [1.807, 2.05) is 11.0 Å². The van der Waals surface area contributed by atoms with Gasteiger partial charge in [0.1, 0.15) is 0 Å². The molecule has 2 amide bonds. The van der Waals surface area contributed by atoms with Gasteiger partial charge >= 0.3 is 6.18 Å². The Labute approximate surface area is 231 Å².